The van der Waals surface area contributed by atoms with Gasteiger partial charge in [-0.3, -0.25) is 4.79 Å². The summed E-state index contributed by atoms with van der Waals surface area (Å²) in [5, 5.41) is 11.4. The van der Waals surface area contributed by atoms with Gasteiger partial charge in [0.2, 0.25) is 15.9 Å². The highest BCUT2D eigenvalue weighted by atomic mass is 32.2. The van der Waals surface area contributed by atoms with Crippen molar-refractivity contribution in [1.82, 2.24) is 9.62 Å². The standard InChI is InChI=1S/C15H22N2O4S/c1-12-4-6-14(7-5-12)22(20,21)17-9-2-3-13(11-17)15(19)16-8-10-18/h4-7,13,18H,2-3,8-11H2,1H3,(H,16,19)/t13-/m1/s1. The summed E-state index contributed by atoms with van der Waals surface area (Å²) in [5.41, 5.74) is 0.999. The van der Waals surface area contributed by atoms with Gasteiger partial charge in [-0.15, -0.1) is 0 Å². The molecular weight excluding hydrogens is 304 g/mol. The molecule has 1 saturated heterocycles. The minimum atomic E-state index is -3.56. The predicted octanol–water partition coefficient (Wildman–Crippen LogP) is 0.504. The summed E-state index contributed by atoms with van der Waals surface area (Å²) in [4.78, 5) is 12.2. The Balaban J connectivity index is 2.11. The maximum atomic E-state index is 12.6. The molecule has 1 aromatic carbocycles. The number of hydrogen-bond donors (Lipinski definition) is 2. The highest BCUT2D eigenvalue weighted by Gasteiger charge is 2.33. The van der Waals surface area contributed by atoms with Gasteiger partial charge >= 0.3 is 0 Å². The van der Waals surface area contributed by atoms with Crippen LogP contribution in [0.5, 0.6) is 0 Å². The molecule has 1 heterocycles. The summed E-state index contributed by atoms with van der Waals surface area (Å²) < 4.78 is 26.6. The van der Waals surface area contributed by atoms with Crippen LogP contribution >= 0.6 is 0 Å². The van der Waals surface area contributed by atoms with Crippen molar-refractivity contribution in [2.75, 3.05) is 26.2 Å². The van der Waals surface area contributed by atoms with Crippen molar-refractivity contribution in [2.45, 2.75) is 24.7 Å². The number of carbonyl (C=O) groups excluding carboxylic acids is 1. The molecule has 6 nitrogen and oxygen atoms in total. The van der Waals surface area contributed by atoms with E-state index in [1.807, 2.05) is 6.92 Å². The maximum absolute atomic E-state index is 12.6. The Morgan fingerprint density at radius 1 is 1.36 bits per heavy atom. The first kappa shape index (κ1) is 16.9. The molecule has 0 aromatic heterocycles. The van der Waals surface area contributed by atoms with Crippen molar-refractivity contribution in [2.24, 2.45) is 5.92 Å². The third kappa shape index (κ3) is 3.85. The highest BCUT2D eigenvalue weighted by Crippen LogP contribution is 2.24. The summed E-state index contributed by atoms with van der Waals surface area (Å²) in [6, 6.07) is 6.73. The number of nitrogens with one attached hydrogen (secondary N) is 1. The molecule has 1 aliphatic heterocycles. The summed E-state index contributed by atoms with van der Waals surface area (Å²) in [6.45, 7) is 2.59. The number of hydrogen-bond acceptors (Lipinski definition) is 4. The SMILES string of the molecule is Cc1ccc(S(=O)(=O)N2CCC[C@@H](C(=O)NCCO)C2)cc1. The number of amides is 1. The third-order valence-corrected chi connectivity index (χ3v) is 5.70. The van der Waals surface area contributed by atoms with Gasteiger partial charge in [-0.1, -0.05) is 17.7 Å². The average Bonchev–Trinajstić information content (AvgIpc) is 2.53. The summed E-state index contributed by atoms with van der Waals surface area (Å²) >= 11 is 0. The lowest BCUT2D eigenvalue weighted by atomic mass is 9.99. The fourth-order valence-corrected chi connectivity index (χ4v) is 4.08. The van der Waals surface area contributed by atoms with Crippen molar-refractivity contribution in [3.05, 3.63) is 29.8 Å². The van der Waals surface area contributed by atoms with Gasteiger partial charge in [-0.2, -0.15) is 4.31 Å². The van der Waals surface area contributed by atoms with E-state index in [4.69, 9.17) is 5.11 Å². The summed E-state index contributed by atoms with van der Waals surface area (Å²) in [6.07, 6.45) is 1.32. The molecule has 7 heteroatoms. The number of benzene rings is 1. The zero-order valence-corrected chi connectivity index (χ0v) is 13.5. The number of aliphatic hydroxyl groups is 1. The lowest BCUT2D eigenvalue weighted by molar-refractivity contribution is -0.126. The van der Waals surface area contributed by atoms with Gasteiger partial charge in [0.1, 0.15) is 0 Å². The van der Waals surface area contributed by atoms with Crippen molar-refractivity contribution in [3.63, 3.8) is 0 Å². The summed E-state index contributed by atoms with van der Waals surface area (Å²) in [7, 11) is -3.56. The molecule has 1 fully saturated rings. The van der Waals surface area contributed by atoms with E-state index >= 15 is 0 Å². The lowest BCUT2D eigenvalue weighted by Crippen LogP contribution is -2.45. The molecule has 1 amide bonds. The van der Waals surface area contributed by atoms with Gasteiger partial charge in [-0.05, 0) is 31.9 Å². The first-order valence-electron chi connectivity index (χ1n) is 7.40. The van der Waals surface area contributed by atoms with Crippen LogP contribution in [-0.2, 0) is 14.8 Å². The molecule has 122 valence electrons. The Bertz CT molecular complexity index is 613. The lowest BCUT2D eigenvalue weighted by Gasteiger charge is -2.31. The monoisotopic (exact) mass is 326 g/mol. The second kappa shape index (κ2) is 7.21. The van der Waals surface area contributed by atoms with Gasteiger partial charge in [0.15, 0.2) is 0 Å². The molecule has 1 atom stereocenters. The van der Waals surface area contributed by atoms with Crippen molar-refractivity contribution >= 4 is 15.9 Å². The maximum Gasteiger partial charge on any atom is 0.243 e. The van der Waals surface area contributed by atoms with Gasteiger partial charge in [0.25, 0.3) is 0 Å². The number of sulfonamides is 1. The van der Waals surface area contributed by atoms with E-state index < -0.39 is 10.0 Å². The van der Waals surface area contributed by atoms with E-state index in [1.54, 1.807) is 24.3 Å². The van der Waals surface area contributed by atoms with Crippen molar-refractivity contribution in [1.29, 1.82) is 0 Å². The molecule has 0 radical (unpaired) electrons. The van der Waals surface area contributed by atoms with Crippen LogP contribution in [0.2, 0.25) is 0 Å². The third-order valence-electron chi connectivity index (χ3n) is 3.82. The molecule has 2 N–H and O–H groups in total. The number of nitrogens with zero attached hydrogens (tertiary/aromatic N) is 1. The Morgan fingerprint density at radius 2 is 2.05 bits per heavy atom. The minimum Gasteiger partial charge on any atom is -0.395 e. The fourth-order valence-electron chi connectivity index (χ4n) is 2.56. The normalized spacial score (nSPS) is 19.8. The van der Waals surface area contributed by atoms with E-state index in [-0.39, 0.29) is 36.4 Å². The van der Waals surface area contributed by atoms with Gasteiger partial charge in [0, 0.05) is 19.6 Å². The zero-order valence-electron chi connectivity index (χ0n) is 12.7. The van der Waals surface area contributed by atoms with E-state index in [0.29, 0.717) is 19.4 Å². The van der Waals surface area contributed by atoms with Gasteiger partial charge < -0.3 is 10.4 Å². The quantitative estimate of drug-likeness (QED) is 0.825. The number of carbonyl (C=O) groups is 1. The van der Waals surface area contributed by atoms with Crippen LogP contribution in [0.15, 0.2) is 29.2 Å². The van der Waals surface area contributed by atoms with Crippen molar-refractivity contribution < 1.29 is 18.3 Å². The molecule has 1 aliphatic rings. The predicted molar refractivity (Wildman–Crippen MR) is 82.8 cm³/mol. The summed E-state index contributed by atoms with van der Waals surface area (Å²) in [5.74, 6) is -0.557. The number of aryl methyl sites for hydroxylation is 1. The van der Waals surface area contributed by atoms with E-state index in [9.17, 15) is 13.2 Å². The molecule has 0 bridgehead atoms. The zero-order chi connectivity index (χ0) is 16.2. The Labute approximate surface area is 131 Å². The molecule has 0 aliphatic carbocycles. The fraction of sp³-hybridized carbons (Fsp3) is 0.533. The minimum absolute atomic E-state index is 0.121. The topological polar surface area (TPSA) is 86.7 Å². The molecule has 2 rings (SSSR count). The molecular formula is C15H22N2O4S. The van der Waals surface area contributed by atoms with Crippen LogP contribution in [0.3, 0.4) is 0 Å². The van der Waals surface area contributed by atoms with Crippen LogP contribution in [0, 0.1) is 12.8 Å². The molecule has 22 heavy (non-hydrogen) atoms. The van der Waals surface area contributed by atoms with Crippen LogP contribution < -0.4 is 5.32 Å². The second-order valence-electron chi connectivity index (χ2n) is 5.53. The smallest absolute Gasteiger partial charge is 0.243 e. The Kier molecular flexibility index (Phi) is 5.55. The Morgan fingerprint density at radius 3 is 2.68 bits per heavy atom. The van der Waals surface area contributed by atoms with Gasteiger partial charge in [0.05, 0.1) is 17.4 Å². The highest BCUT2D eigenvalue weighted by molar-refractivity contribution is 7.89. The number of piperidine rings is 1. The molecule has 0 saturated carbocycles. The van der Waals surface area contributed by atoms with Crippen LogP contribution in [-0.4, -0.2) is 50.0 Å². The number of aliphatic hydroxyl groups excluding tert-OH is 1. The second-order valence-corrected chi connectivity index (χ2v) is 7.47. The first-order chi connectivity index (χ1) is 10.4. The van der Waals surface area contributed by atoms with Crippen LogP contribution in [0.4, 0.5) is 0 Å². The first-order valence-corrected chi connectivity index (χ1v) is 8.84. The van der Waals surface area contributed by atoms with Crippen LogP contribution in [0.1, 0.15) is 18.4 Å². The van der Waals surface area contributed by atoms with Crippen molar-refractivity contribution in [3.8, 4) is 0 Å². The molecule has 1 aromatic rings. The van der Waals surface area contributed by atoms with Gasteiger partial charge in [-0.25, -0.2) is 8.42 Å². The van der Waals surface area contributed by atoms with E-state index in [0.717, 1.165) is 5.56 Å². The van der Waals surface area contributed by atoms with E-state index in [2.05, 4.69) is 5.32 Å². The van der Waals surface area contributed by atoms with Crippen LogP contribution in [0.25, 0.3) is 0 Å². The largest absolute Gasteiger partial charge is 0.395 e. The Hall–Kier alpha value is -1.44. The average molecular weight is 326 g/mol. The molecule has 0 unspecified atom stereocenters. The van der Waals surface area contributed by atoms with E-state index in [1.165, 1.54) is 4.31 Å². The number of rotatable bonds is 5. The molecule has 0 spiro atoms.